The maximum atomic E-state index is 13.5. The van der Waals surface area contributed by atoms with Crippen molar-refractivity contribution < 1.29 is 13.9 Å². The van der Waals surface area contributed by atoms with E-state index >= 15 is 0 Å². The second kappa shape index (κ2) is 5.49. The average molecular weight is 284 g/mol. The highest BCUT2D eigenvalue weighted by Crippen LogP contribution is 2.17. The first-order chi connectivity index (χ1) is 10.2. The number of carbonyl (C=O) groups excluding carboxylic acids is 1. The molecule has 0 unspecified atom stereocenters. The normalized spacial score (nSPS) is 10.3. The minimum atomic E-state index is -0.747. The molecule has 0 amide bonds. The van der Waals surface area contributed by atoms with Crippen molar-refractivity contribution in [1.29, 1.82) is 0 Å². The van der Waals surface area contributed by atoms with Crippen molar-refractivity contribution in [2.45, 2.75) is 0 Å². The van der Waals surface area contributed by atoms with Crippen LogP contribution in [-0.4, -0.2) is 26.2 Å². The van der Waals surface area contributed by atoms with Gasteiger partial charge in [0.15, 0.2) is 0 Å². The monoisotopic (exact) mass is 284 g/mol. The average Bonchev–Trinajstić information content (AvgIpc) is 3.02. The third-order valence-electron chi connectivity index (χ3n) is 2.75. The van der Waals surface area contributed by atoms with Crippen LogP contribution in [0.2, 0.25) is 0 Å². The van der Waals surface area contributed by atoms with E-state index in [0.29, 0.717) is 11.4 Å². The second-order valence-corrected chi connectivity index (χ2v) is 4.12. The van der Waals surface area contributed by atoms with Crippen molar-refractivity contribution in [1.82, 2.24) is 20.2 Å². The molecule has 21 heavy (non-hydrogen) atoms. The summed E-state index contributed by atoms with van der Waals surface area (Å²) in [6.45, 7) is 0. The zero-order chi connectivity index (χ0) is 14.7. The molecule has 0 aliphatic carbocycles. The van der Waals surface area contributed by atoms with Crippen molar-refractivity contribution in [3.05, 3.63) is 66.2 Å². The molecule has 0 atom stereocenters. The number of aromatic nitrogens is 4. The van der Waals surface area contributed by atoms with Crippen LogP contribution in [0.15, 0.2) is 54.9 Å². The van der Waals surface area contributed by atoms with E-state index < -0.39 is 11.8 Å². The summed E-state index contributed by atoms with van der Waals surface area (Å²) in [5.74, 6) is -1.06. The molecular weight excluding hydrogens is 275 g/mol. The first kappa shape index (κ1) is 12.9. The number of rotatable bonds is 3. The summed E-state index contributed by atoms with van der Waals surface area (Å²) in [4.78, 5) is 11.8. The molecule has 6 nitrogen and oxygen atoms in total. The summed E-state index contributed by atoms with van der Waals surface area (Å²) in [5, 5.41) is 10.8. The number of halogens is 1. The van der Waals surface area contributed by atoms with Crippen molar-refractivity contribution in [3.63, 3.8) is 0 Å². The molecule has 0 N–H and O–H groups in total. The van der Waals surface area contributed by atoms with E-state index in [9.17, 15) is 9.18 Å². The van der Waals surface area contributed by atoms with Crippen molar-refractivity contribution in [2.24, 2.45) is 0 Å². The van der Waals surface area contributed by atoms with Crippen LogP contribution in [-0.2, 0) is 0 Å². The maximum absolute atomic E-state index is 13.5. The lowest BCUT2D eigenvalue weighted by Crippen LogP contribution is -2.10. The van der Waals surface area contributed by atoms with Crippen LogP contribution in [0.1, 0.15) is 10.4 Å². The minimum absolute atomic E-state index is 0.109. The van der Waals surface area contributed by atoms with E-state index in [-0.39, 0.29) is 5.56 Å². The Morgan fingerprint density at radius 2 is 1.86 bits per heavy atom. The van der Waals surface area contributed by atoms with Gasteiger partial charge >= 0.3 is 5.97 Å². The second-order valence-electron chi connectivity index (χ2n) is 4.12. The molecule has 0 bridgehead atoms. The molecule has 2 aromatic carbocycles. The zero-order valence-electron chi connectivity index (χ0n) is 10.7. The highest BCUT2D eigenvalue weighted by atomic mass is 19.1. The van der Waals surface area contributed by atoms with Gasteiger partial charge in [0.05, 0.1) is 11.3 Å². The lowest BCUT2D eigenvalue weighted by Gasteiger charge is -2.06. The number of esters is 1. The Morgan fingerprint density at radius 3 is 2.52 bits per heavy atom. The number of benzene rings is 2. The molecule has 0 aliphatic rings. The van der Waals surface area contributed by atoms with Gasteiger partial charge in [0.25, 0.3) is 0 Å². The van der Waals surface area contributed by atoms with E-state index in [1.807, 2.05) is 0 Å². The summed E-state index contributed by atoms with van der Waals surface area (Å²) >= 11 is 0. The summed E-state index contributed by atoms with van der Waals surface area (Å²) in [5.41, 5.74) is 0.604. The molecule has 0 saturated heterocycles. The zero-order valence-corrected chi connectivity index (χ0v) is 10.7. The predicted octanol–water partition coefficient (Wildman–Crippen LogP) is 2.02. The summed E-state index contributed by atoms with van der Waals surface area (Å²) < 4.78 is 20.0. The number of hydrogen-bond donors (Lipinski definition) is 0. The fourth-order valence-electron chi connectivity index (χ4n) is 1.74. The van der Waals surface area contributed by atoms with Gasteiger partial charge in [0.2, 0.25) is 0 Å². The van der Waals surface area contributed by atoms with Crippen LogP contribution in [0, 0.1) is 5.82 Å². The van der Waals surface area contributed by atoms with E-state index in [1.165, 1.54) is 29.2 Å². The van der Waals surface area contributed by atoms with E-state index in [4.69, 9.17) is 4.74 Å². The van der Waals surface area contributed by atoms with Crippen LogP contribution < -0.4 is 4.74 Å². The number of hydrogen-bond acceptors (Lipinski definition) is 5. The topological polar surface area (TPSA) is 69.9 Å². The smallest absolute Gasteiger partial charge is 0.346 e. The van der Waals surface area contributed by atoms with Crippen molar-refractivity contribution >= 4 is 5.97 Å². The number of tetrazole rings is 1. The molecule has 0 fully saturated rings. The predicted molar refractivity (Wildman–Crippen MR) is 70.5 cm³/mol. The standard InChI is InChI=1S/C14H9FN4O2/c15-13-4-2-1-3-12(13)14(20)21-11-7-5-10(6-8-11)19-9-16-17-18-19/h1-9H. The van der Waals surface area contributed by atoms with Gasteiger partial charge in [-0.2, -0.15) is 0 Å². The molecule has 0 aliphatic heterocycles. The Hall–Kier alpha value is -3.09. The van der Waals surface area contributed by atoms with Gasteiger partial charge in [-0.1, -0.05) is 12.1 Å². The third-order valence-corrected chi connectivity index (χ3v) is 2.75. The van der Waals surface area contributed by atoms with Gasteiger partial charge in [-0.25, -0.2) is 13.9 Å². The first-order valence-corrected chi connectivity index (χ1v) is 6.04. The van der Waals surface area contributed by atoms with Gasteiger partial charge in [0, 0.05) is 0 Å². The van der Waals surface area contributed by atoms with Crippen LogP contribution >= 0.6 is 0 Å². The molecule has 7 heteroatoms. The SMILES string of the molecule is O=C(Oc1ccc(-n2cnnn2)cc1)c1ccccc1F. The fraction of sp³-hybridized carbons (Fsp3) is 0. The molecule has 0 saturated carbocycles. The Morgan fingerprint density at radius 1 is 1.10 bits per heavy atom. The lowest BCUT2D eigenvalue weighted by molar-refractivity contribution is 0.0730. The Bertz CT molecular complexity index is 757. The van der Waals surface area contributed by atoms with Crippen molar-refractivity contribution in [2.75, 3.05) is 0 Å². The fourth-order valence-corrected chi connectivity index (χ4v) is 1.74. The van der Waals surface area contributed by atoms with Gasteiger partial charge < -0.3 is 4.74 Å². The Kier molecular flexibility index (Phi) is 3.38. The number of nitrogens with zero attached hydrogens (tertiary/aromatic N) is 4. The molecule has 0 radical (unpaired) electrons. The van der Waals surface area contributed by atoms with E-state index in [1.54, 1.807) is 30.3 Å². The van der Waals surface area contributed by atoms with Crippen LogP contribution in [0.4, 0.5) is 4.39 Å². The molecular formula is C14H9FN4O2. The Balaban J connectivity index is 1.77. The van der Waals surface area contributed by atoms with Crippen LogP contribution in [0.25, 0.3) is 5.69 Å². The molecule has 3 rings (SSSR count). The summed E-state index contributed by atoms with van der Waals surface area (Å²) in [6.07, 6.45) is 1.44. The van der Waals surface area contributed by atoms with E-state index in [2.05, 4.69) is 15.5 Å². The van der Waals surface area contributed by atoms with Crippen molar-refractivity contribution in [3.8, 4) is 11.4 Å². The lowest BCUT2D eigenvalue weighted by atomic mass is 10.2. The van der Waals surface area contributed by atoms with Gasteiger partial charge in [0.1, 0.15) is 17.9 Å². The molecule has 104 valence electrons. The van der Waals surface area contributed by atoms with E-state index in [0.717, 1.165) is 0 Å². The van der Waals surface area contributed by atoms with Gasteiger partial charge in [-0.15, -0.1) is 5.10 Å². The molecule has 0 spiro atoms. The summed E-state index contributed by atoms with van der Waals surface area (Å²) in [7, 11) is 0. The highest BCUT2D eigenvalue weighted by molar-refractivity contribution is 5.91. The first-order valence-electron chi connectivity index (χ1n) is 6.04. The van der Waals surface area contributed by atoms with Gasteiger partial charge in [-0.05, 0) is 46.8 Å². The maximum Gasteiger partial charge on any atom is 0.346 e. The molecule has 1 heterocycles. The molecule has 1 aromatic heterocycles. The van der Waals surface area contributed by atoms with Crippen LogP contribution in [0.3, 0.4) is 0 Å². The quantitative estimate of drug-likeness (QED) is 0.543. The number of carbonyl (C=O) groups is 1. The Labute approximate surface area is 118 Å². The number of ether oxygens (including phenoxy) is 1. The third kappa shape index (κ3) is 2.76. The molecule has 3 aromatic rings. The highest BCUT2D eigenvalue weighted by Gasteiger charge is 2.13. The summed E-state index contributed by atoms with van der Waals surface area (Å²) in [6, 6.07) is 12.2. The minimum Gasteiger partial charge on any atom is -0.423 e. The van der Waals surface area contributed by atoms with Crippen LogP contribution in [0.5, 0.6) is 5.75 Å². The largest absolute Gasteiger partial charge is 0.423 e. The van der Waals surface area contributed by atoms with Gasteiger partial charge in [-0.3, -0.25) is 0 Å².